The van der Waals surface area contributed by atoms with Crippen molar-refractivity contribution in [1.82, 2.24) is 14.5 Å². The largest absolute Gasteiger partial charge is 0.502 e. The first-order valence-electron chi connectivity index (χ1n) is 13.5. The summed E-state index contributed by atoms with van der Waals surface area (Å²) in [7, 11) is 1.52. The molecular formula is C30H30N4O7. The second kappa shape index (κ2) is 10.4. The van der Waals surface area contributed by atoms with E-state index in [2.05, 4.69) is 9.88 Å². The van der Waals surface area contributed by atoms with Gasteiger partial charge in [-0.05, 0) is 42.7 Å². The minimum atomic E-state index is -1.10. The zero-order valence-electron chi connectivity index (χ0n) is 22.5. The number of primary amides is 1. The first-order valence-corrected chi connectivity index (χ1v) is 13.5. The number of rotatable bonds is 7. The van der Waals surface area contributed by atoms with Crippen molar-refractivity contribution in [3.8, 4) is 11.5 Å². The lowest BCUT2D eigenvalue weighted by Crippen LogP contribution is -2.46. The molecule has 3 unspecified atom stereocenters. The van der Waals surface area contributed by atoms with Crippen molar-refractivity contribution < 1.29 is 19.1 Å². The molecule has 41 heavy (non-hydrogen) atoms. The number of ether oxygens (including phenoxy) is 1. The number of methoxy groups -OCH3 is 1. The van der Waals surface area contributed by atoms with E-state index in [9.17, 15) is 24.3 Å². The number of pyridine rings is 2. The number of aromatic hydroxyl groups is 1. The van der Waals surface area contributed by atoms with Gasteiger partial charge in [-0.1, -0.05) is 6.07 Å². The number of likely N-dealkylation sites (tertiary alicyclic amines) is 1. The molecular weight excluding hydrogens is 528 g/mol. The summed E-state index contributed by atoms with van der Waals surface area (Å²) < 4.78 is 13.2. The first kappa shape index (κ1) is 26.6. The Kier molecular flexibility index (Phi) is 6.74. The van der Waals surface area contributed by atoms with Crippen LogP contribution in [0.15, 0.2) is 67.3 Å². The molecule has 3 aromatic heterocycles. The van der Waals surface area contributed by atoms with Crippen molar-refractivity contribution in [3.63, 3.8) is 0 Å². The fraction of sp³-hybridized carbons (Fsp3) is 0.333. The van der Waals surface area contributed by atoms with Crippen LogP contribution in [0.2, 0.25) is 0 Å². The lowest BCUT2D eigenvalue weighted by molar-refractivity contribution is -0.118. The smallest absolute Gasteiger partial charge is 0.252 e. The number of amides is 1. The average molecular weight is 559 g/mol. The van der Waals surface area contributed by atoms with Gasteiger partial charge in [0.15, 0.2) is 5.76 Å². The topological polar surface area (TPSA) is 161 Å². The zero-order chi connectivity index (χ0) is 28.8. The number of piperidine rings is 1. The summed E-state index contributed by atoms with van der Waals surface area (Å²) in [5.41, 5.74) is 6.05. The fourth-order valence-corrected chi connectivity index (χ4v) is 6.35. The molecule has 4 N–H and O–H groups in total. The van der Waals surface area contributed by atoms with E-state index in [1.165, 1.54) is 13.2 Å². The van der Waals surface area contributed by atoms with Crippen LogP contribution in [0.1, 0.15) is 47.5 Å². The van der Waals surface area contributed by atoms with Gasteiger partial charge in [0.2, 0.25) is 17.1 Å². The lowest BCUT2D eigenvalue weighted by Gasteiger charge is -2.42. The number of nitrogens with zero attached hydrogens (tertiary/aromatic N) is 2. The van der Waals surface area contributed by atoms with Crippen LogP contribution in [0.3, 0.4) is 0 Å². The molecule has 4 aromatic rings. The van der Waals surface area contributed by atoms with Crippen LogP contribution >= 0.6 is 0 Å². The van der Waals surface area contributed by atoms with Gasteiger partial charge in [0.25, 0.3) is 11.1 Å². The average Bonchev–Trinajstić information content (AvgIpc) is 2.93. The van der Waals surface area contributed by atoms with Gasteiger partial charge >= 0.3 is 0 Å². The molecule has 2 aliphatic rings. The van der Waals surface area contributed by atoms with E-state index >= 15 is 0 Å². The van der Waals surface area contributed by atoms with Gasteiger partial charge in [0, 0.05) is 66.3 Å². The third kappa shape index (κ3) is 5.04. The third-order valence-corrected chi connectivity index (χ3v) is 8.11. The number of nitrogens with two attached hydrogens (primary N) is 1. The Bertz CT molecular complexity index is 1840. The van der Waals surface area contributed by atoms with E-state index in [0.717, 1.165) is 12.1 Å². The Balaban J connectivity index is 1.36. The Morgan fingerprint density at radius 1 is 1.15 bits per heavy atom. The Labute approximate surface area is 233 Å². The summed E-state index contributed by atoms with van der Waals surface area (Å²) in [5, 5.41) is 11.4. The summed E-state index contributed by atoms with van der Waals surface area (Å²) in [5.74, 6) is -1.40. The van der Waals surface area contributed by atoms with Crippen molar-refractivity contribution in [2.45, 2.75) is 37.8 Å². The van der Waals surface area contributed by atoms with Crippen LogP contribution in [-0.4, -0.2) is 45.7 Å². The monoisotopic (exact) mass is 558 g/mol. The summed E-state index contributed by atoms with van der Waals surface area (Å²) in [6.07, 6.45) is 0.610. The van der Waals surface area contributed by atoms with Gasteiger partial charge in [0.1, 0.15) is 11.5 Å². The maximum absolute atomic E-state index is 13.1. The molecule has 2 aliphatic heterocycles. The Morgan fingerprint density at radius 2 is 1.98 bits per heavy atom. The van der Waals surface area contributed by atoms with Crippen molar-refractivity contribution in [2.24, 2.45) is 11.7 Å². The van der Waals surface area contributed by atoms with Gasteiger partial charge < -0.3 is 29.5 Å². The van der Waals surface area contributed by atoms with E-state index in [1.807, 2.05) is 10.6 Å². The number of benzene rings is 1. The highest BCUT2D eigenvalue weighted by atomic mass is 16.5. The van der Waals surface area contributed by atoms with Crippen LogP contribution in [0.4, 0.5) is 0 Å². The predicted octanol–water partition coefficient (Wildman–Crippen LogP) is 1.98. The van der Waals surface area contributed by atoms with Crippen molar-refractivity contribution in [2.75, 3.05) is 20.2 Å². The highest BCUT2D eigenvalue weighted by Crippen LogP contribution is 2.37. The molecule has 0 aliphatic carbocycles. The van der Waals surface area contributed by atoms with E-state index in [4.69, 9.17) is 14.9 Å². The van der Waals surface area contributed by atoms with Gasteiger partial charge in [-0.3, -0.25) is 24.1 Å². The SMILES string of the molecule is COc1ccc2[nH]c(=O)c(C(CC(N)=O)c3oc(CN4CC5CC(C4)c4cccc(=O)n4C5)cc(=O)c3O)cc2c1. The molecule has 2 bridgehead atoms. The van der Waals surface area contributed by atoms with Crippen LogP contribution in [0, 0.1) is 5.92 Å². The van der Waals surface area contributed by atoms with E-state index in [0.29, 0.717) is 42.0 Å². The Morgan fingerprint density at radius 3 is 2.76 bits per heavy atom. The molecule has 5 heterocycles. The first-order chi connectivity index (χ1) is 19.7. The molecule has 1 fully saturated rings. The normalized spacial score (nSPS) is 19.0. The summed E-state index contributed by atoms with van der Waals surface area (Å²) in [6, 6.07) is 13.3. The Hall–Kier alpha value is -4.64. The molecule has 11 heteroatoms. The minimum absolute atomic E-state index is 0.00226. The van der Waals surface area contributed by atoms with Gasteiger partial charge in [-0.15, -0.1) is 0 Å². The number of carbonyl (C=O) groups is 1. The quantitative estimate of drug-likeness (QED) is 0.310. The van der Waals surface area contributed by atoms with Gasteiger partial charge in [-0.2, -0.15) is 0 Å². The maximum atomic E-state index is 13.1. The summed E-state index contributed by atoms with van der Waals surface area (Å²) in [4.78, 5) is 55.5. The lowest BCUT2D eigenvalue weighted by atomic mass is 9.83. The van der Waals surface area contributed by atoms with Crippen LogP contribution in [0.25, 0.3) is 10.9 Å². The standard InChI is InChI=1S/C30H30N4O7/c1-40-19-5-6-23-17(8-19)9-22(30(39)32-23)21(11-26(31)36)29-28(38)25(35)10-20(41-29)15-33-12-16-7-18(14-33)24-3-2-4-27(37)34(24)13-16/h2-6,8-10,16,18,21,38H,7,11-15H2,1H3,(H2,31,36)(H,32,39). The minimum Gasteiger partial charge on any atom is -0.502 e. The van der Waals surface area contributed by atoms with E-state index in [-0.39, 0.29) is 41.7 Å². The van der Waals surface area contributed by atoms with Crippen LogP contribution in [-0.2, 0) is 17.9 Å². The number of aromatic amines is 1. The molecule has 6 rings (SSSR count). The molecule has 11 nitrogen and oxygen atoms in total. The van der Waals surface area contributed by atoms with Crippen molar-refractivity contribution in [3.05, 3.63) is 102 Å². The highest BCUT2D eigenvalue weighted by Gasteiger charge is 2.35. The molecule has 0 saturated carbocycles. The number of carbonyl (C=O) groups excluding carboxylic acids is 1. The molecule has 3 atom stereocenters. The maximum Gasteiger partial charge on any atom is 0.252 e. The van der Waals surface area contributed by atoms with Gasteiger partial charge in [0.05, 0.1) is 19.6 Å². The molecule has 1 aromatic carbocycles. The van der Waals surface area contributed by atoms with E-state index < -0.39 is 28.6 Å². The molecule has 0 radical (unpaired) electrons. The second-order valence-electron chi connectivity index (χ2n) is 10.9. The van der Waals surface area contributed by atoms with Crippen LogP contribution in [0.5, 0.6) is 11.5 Å². The summed E-state index contributed by atoms with van der Waals surface area (Å²) in [6.45, 7) is 2.27. The second-order valence-corrected chi connectivity index (χ2v) is 10.9. The number of hydrogen-bond acceptors (Lipinski definition) is 8. The molecule has 0 spiro atoms. The van der Waals surface area contributed by atoms with Crippen LogP contribution < -0.4 is 27.0 Å². The fourth-order valence-electron chi connectivity index (χ4n) is 6.35. The van der Waals surface area contributed by atoms with Crippen molar-refractivity contribution >= 4 is 16.8 Å². The molecule has 212 valence electrons. The predicted molar refractivity (Wildman–Crippen MR) is 150 cm³/mol. The number of H-pyrrole nitrogens is 1. The zero-order valence-corrected chi connectivity index (χ0v) is 22.5. The number of fused-ring (bicyclic) bond motifs is 5. The van der Waals surface area contributed by atoms with E-state index in [1.54, 1.807) is 36.4 Å². The number of hydrogen-bond donors (Lipinski definition) is 3. The molecule has 1 saturated heterocycles. The number of aromatic nitrogens is 2. The summed E-state index contributed by atoms with van der Waals surface area (Å²) >= 11 is 0. The third-order valence-electron chi connectivity index (χ3n) is 8.11. The highest BCUT2D eigenvalue weighted by molar-refractivity contribution is 5.81. The number of nitrogens with one attached hydrogen (secondary N) is 1. The molecule has 1 amide bonds. The van der Waals surface area contributed by atoms with Gasteiger partial charge in [-0.25, -0.2) is 0 Å². The van der Waals surface area contributed by atoms with Crippen molar-refractivity contribution in [1.29, 1.82) is 0 Å².